The fourth-order valence-electron chi connectivity index (χ4n) is 1.94. The van der Waals surface area contributed by atoms with E-state index in [1.807, 2.05) is 5.38 Å². The molecule has 6 heteroatoms. The van der Waals surface area contributed by atoms with Crippen molar-refractivity contribution in [2.45, 2.75) is 29.9 Å². The molecule has 1 heterocycles. The van der Waals surface area contributed by atoms with E-state index < -0.39 is 0 Å². The summed E-state index contributed by atoms with van der Waals surface area (Å²) in [6.07, 6.45) is 1.17. The Morgan fingerprint density at radius 1 is 1.35 bits per heavy atom. The van der Waals surface area contributed by atoms with E-state index in [1.54, 1.807) is 30.2 Å². The first kappa shape index (κ1) is 18.0. The first-order chi connectivity index (χ1) is 11.2. The first-order valence-electron chi connectivity index (χ1n) is 7.56. The highest BCUT2D eigenvalue weighted by molar-refractivity contribution is 8.00. The number of rotatable bonds is 9. The molecule has 0 bridgehead atoms. The molecule has 2 aromatic rings. The number of aryl methyl sites for hydroxylation is 1. The van der Waals surface area contributed by atoms with Gasteiger partial charge in [0, 0.05) is 31.4 Å². The lowest BCUT2D eigenvalue weighted by Gasteiger charge is -2.03. The number of methoxy groups -OCH3 is 1. The minimum absolute atomic E-state index is 0.0153. The molecule has 0 aliphatic heterocycles. The Morgan fingerprint density at radius 2 is 2.13 bits per heavy atom. The number of aromatic nitrogens is 1. The molecular formula is C17H22N2O2S2. The van der Waals surface area contributed by atoms with Gasteiger partial charge in [0.2, 0.25) is 5.91 Å². The molecule has 1 amide bonds. The van der Waals surface area contributed by atoms with Gasteiger partial charge in [-0.05, 0) is 18.9 Å². The van der Waals surface area contributed by atoms with Gasteiger partial charge < -0.3 is 10.1 Å². The summed E-state index contributed by atoms with van der Waals surface area (Å²) in [5.74, 6) is 0.915. The molecule has 0 saturated carbocycles. The summed E-state index contributed by atoms with van der Waals surface area (Å²) >= 11 is 3.31. The molecule has 4 nitrogen and oxygen atoms in total. The van der Waals surface area contributed by atoms with Gasteiger partial charge >= 0.3 is 0 Å². The normalized spacial score (nSPS) is 10.7. The first-order valence-corrected chi connectivity index (χ1v) is 9.42. The van der Waals surface area contributed by atoms with Crippen molar-refractivity contribution in [2.24, 2.45) is 0 Å². The summed E-state index contributed by atoms with van der Waals surface area (Å²) in [7, 11) is 1.66. The van der Waals surface area contributed by atoms with Crippen molar-refractivity contribution in [1.82, 2.24) is 10.3 Å². The third kappa shape index (κ3) is 6.72. The molecule has 23 heavy (non-hydrogen) atoms. The van der Waals surface area contributed by atoms with Gasteiger partial charge in [0.25, 0.3) is 0 Å². The van der Waals surface area contributed by atoms with Gasteiger partial charge in [0.15, 0.2) is 0 Å². The number of carbonyl (C=O) groups is 1. The van der Waals surface area contributed by atoms with Crippen LogP contribution in [-0.4, -0.2) is 31.2 Å². The van der Waals surface area contributed by atoms with E-state index in [-0.39, 0.29) is 5.91 Å². The Bertz CT molecular complexity index is 611. The summed E-state index contributed by atoms with van der Waals surface area (Å²) in [4.78, 5) is 16.3. The topological polar surface area (TPSA) is 51.2 Å². The molecule has 1 aromatic carbocycles. The number of ether oxygens (including phenoxy) is 1. The highest BCUT2D eigenvalue weighted by Crippen LogP contribution is 2.26. The molecule has 0 saturated heterocycles. The average Bonchev–Trinajstić information content (AvgIpc) is 2.98. The smallest absolute Gasteiger partial charge is 0.226 e. The zero-order valence-corrected chi connectivity index (χ0v) is 15.1. The number of hydrogen-bond donors (Lipinski definition) is 1. The minimum atomic E-state index is 0.0153. The van der Waals surface area contributed by atoms with Crippen LogP contribution in [0.2, 0.25) is 0 Å². The minimum Gasteiger partial charge on any atom is -0.385 e. The molecule has 0 atom stereocenters. The number of amides is 1. The molecule has 1 aromatic heterocycles. The van der Waals surface area contributed by atoms with Crippen LogP contribution in [0, 0.1) is 6.92 Å². The monoisotopic (exact) mass is 350 g/mol. The molecular weight excluding hydrogens is 328 g/mol. The van der Waals surface area contributed by atoms with Gasteiger partial charge in [-0.1, -0.05) is 41.6 Å². The second kappa shape index (κ2) is 9.70. The Kier molecular flexibility index (Phi) is 7.58. The zero-order chi connectivity index (χ0) is 16.5. The van der Waals surface area contributed by atoms with Crippen LogP contribution in [0.1, 0.15) is 23.2 Å². The number of thiazole rings is 1. The van der Waals surface area contributed by atoms with Gasteiger partial charge in [-0.3, -0.25) is 4.79 Å². The van der Waals surface area contributed by atoms with E-state index in [0.29, 0.717) is 19.6 Å². The van der Waals surface area contributed by atoms with Crippen molar-refractivity contribution in [2.75, 3.05) is 20.3 Å². The van der Waals surface area contributed by atoms with Crippen LogP contribution in [-0.2, 0) is 21.7 Å². The Hall–Kier alpha value is -1.37. The van der Waals surface area contributed by atoms with Crippen molar-refractivity contribution in [1.29, 1.82) is 0 Å². The van der Waals surface area contributed by atoms with Crippen LogP contribution in [0.4, 0.5) is 0 Å². The van der Waals surface area contributed by atoms with Crippen molar-refractivity contribution in [3.8, 4) is 0 Å². The lowest BCUT2D eigenvalue weighted by Crippen LogP contribution is -2.26. The third-order valence-electron chi connectivity index (χ3n) is 3.20. The quantitative estimate of drug-likeness (QED) is 0.556. The van der Waals surface area contributed by atoms with Gasteiger partial charge in [-0.2, -0.15) is 0 Å². The van der Waals surface area contributed by atoms with E-state index in [9.17, 15) is 4.79 Å². The molecule has 124 valence electrons. The molecule has 0 spiro atoms. The van der Waals surface area contributed by atoms with Crippen LogP contribution >= 0.6 is 23.1 Å². The van der Waals surface area contributed by atoms with Gasteiger partial charge in [0.1, 0.15) is 4.34 Å². The van der Waals surface area contributed by atoms with Gasteiger partial charge in [0.05, 0.1) is 12.1 Å². The number of nitrogens with one attached hydrogen (secondary N) is 1. The second-order valence-electron chi connectivity index (χ2n) is 5.25. The predicted molar refractivity (Wildman–Crippen MR) is 96.1 cm³/mol. The van der Waals surface area contributed by atoms with E-state index in [4.69, 9.17) is 4.74 Å². The fraction of sp³-hybridized carbons (Fsp3) is 0.412. The highest BCUT2D eigenvalue weighted by atomic mass is 32.2. The van der Waals surface area contributed by atoms with E-state index in [2.05, 4.69) is 41.5 Å². The predicted octanol–water partition coefficient (Wildman–Crippen LogP) is 3.44. The number of benzene rings is 1. The summed E-state index contributed by atoms with van der Waals surface area (Å²) in [6.45, 7) is 3.40. The maximum absolute atomic E-state index is 11.8. The zero-order valence-electron chi connectivity index (χ0n) is 13.5. The SMILES string of the molecule is COCCCNC(=O)Cc1csc(SCc2ccc(C)cc2)n1. The summed E-state index contributed by atoms with van der Waals surface area (Å²) in [5, 5.41) is 4.84. The molecule has 2 rings (SSSR count). The van der Waals surface area contributed by atoms with Crippen molar-refractivity contribution < 1.29 is 9.53 Å². The summed E-state index contributed by atoms with van der Waals surface area (Å²) < 4.78 is 5.96. The van der Waals surface area contributed by atoms with Crippen molar-refractivity contribution in [3.05, 3.63) is 46.5 Å². The molecule has 0 radical (unpaired) electrons. The summed E-state index contributed by atoms with van der Waals surface area (Å²) in [5.41, 5.74) is 3.39. The van der Waals surface area contributed by atoms with E-state index in [1.165, 1.54) is 11.1 Å². The number of thioether (sulfide) groups is 1. The number of nitrogens with zero attached hydrogens (tertiary/aromatic N) is 1. The lowest BCUT2D eigenvalue weighted by atomic mass is 10.2. The number of hydrogen-bond acceptors (Lipinski definition) is 5. The van der Waals surface area contributed by atoms with Crippen LogP contribution in [0.5, 0.6) is 0 Å². The summed E-state index contributed by atoms with van der Waals surface area (Å²) in [6, 6.07) is 8.53. The van der Waals surface area contributed by atoms with Crippen molar-refractivity contribution in [3.63, 3.8) is 0 Å². The van der Waals surface area contributed by atoms with Crippen molar-refractivity contribution >= 4 is 29.0 Å². The molecule has 0 aliphatic rings. The van der Waals surface area contributed by atoms with Gasteiger partial charge in [-0.15, -0.1) is 11.3 Å². The largest absolute Gasteiger partial charge is 0.385 e. The van der Waals surface area contributed by atoms with Crippen LogP contribution in [0.25, 0.3) is 0 Å². The molecule has 0 unspecified atom stereocenters. The second-order valence-corrected chi connectivity index (χ2v) is 7.33. The van der Waals surface area contributed by atoms with E-state index in [0.717, 1.165) is 22.2 Å². The molecule has 0 aliphatic carbocycles. The fourth-order valence-corrected chi connectivity index (χ4v) is 3.74. The Morgan fingerprint density at radius 3 is 2.87 bits per heavy atom. The number of carbonyl (C=O) groups excluding carboxylic acids is 1. The standard InChI is InChI=1S/C17H22N2O2S2/c1-13-4-6-14(7-5-13)11-22-17-19-15(12-23-17)10-16(20)18-8-3-9-21-2/h4-7,12H,3,8-11H2,1-2H3,(H,18,20). The van der Waals surface area contributed by atoms with Crippen LogP contribution < -0.4 is 5.32 Å². The Balaban J connectivity index is 1.74. The van der Waals surface area contributed by atoms with Crippen LogP contribution in [0.15, 0.2) is 34.0 Å². The molecule has 0 fully saturated rings. The van der Waals surface area contributed by atoms with Crippen LogP contribution in [0.3, 0.4) is 0 Å². The molecule has 1 N–H and O–H groups in total. The lowest BCUT2D eigenvalue weighted by molar-refractivity contribution is -0.120. The Labute approximate surface area is 145 Å². The van der Waals surface area contributed by atoms with E-state index >= 15 is 0 Å². The maximum Gasteiger partial charge on any atom is 0.226 e. The third-order valence-corrected chi connectivity index (χ3v) is 5.34. The maximum atomic E-state index is 11.8. The average molecular weight is 351 g/mol. The highest BCUT2D eigenvalue weighted by Gasteiger charge is 2.08. The van der Waals surface area contributed by atoms with Gasteiger partial charge in [-0.25, -0.2) is 4.98 Å².